The molecule has 0 fully saturated rings. The predicted molar refractivity (Wildman–Crippen MR) is 80.4 cm³/mol. The van der Waals surface area contributed by atoms with Gasteiger partial charge in [-0.05, 0) is 48.5 Å². The first-order valence-electron chi connectivity index (χ1n) is 4.87. The zero-order valence-electron chi connectivity index (χ0n) is 9.48. The lowest BCUT2D eigenvalue weighted by atomic mass is 10.3. The highest BCUT2D eigenvalue weighted by molar-refractivity contribution is 5.85. The van der Waals surface area contributed by atoms with E-state index in [1.165, 1.54) is 0 Å². The van der Waals surface area contributed by atoms with E-state index in [2.05, 4.69) is 10.2 Å². The smallest absolute Gasteiger partial charge is 0.0858 e. The van der Waals surface area contributed by atoms with Crippen LogP contribution in [0.1, 0.15) is 0 Å². The van der Waals surface area contributed by atoms with E-state index in [0.717, 1.165) is 11.4 Å². The molecule has 4 nitrogen and oxygen atoms in total. The molecule has 2 aromatic rings. The van der Waals surface area contributed by atoms with E-state index in [1.807, 2.05) is 24.3 Å². The van der Waals surface area contributed by atoms with E-state index in [-0.39, 0.29) is 24.8 Å². The summed E-state index contributed by atoms with van der Waals surface area (Å²) in [5.74, 6) is 0. The van der Waals surface area contributed by atoms with E-state index >= 15 is 0 Å². The highest BCUT2D eigenvalue weighted by Crippen LogP contribution is 2.19. The molecule has 0 bridgehead atoms. The van der Waals surface area contributed by atoms with Crippen LogP contribution in [0.15, 0.2) is 58.8 Å². The number of anilines is 2. The summed E-state index contributed by atoms with van der Waals surface area (Å²) in [5, 5.41) is 8.15. The molecule has 18 heavy (non-hydrogen) atoms. The van der Waals surface area contributed by atoms with Crippen LogP contribution >= 0.6 is 24.8 Å². The third-order valence-electron chi connectivity index (χ3n) is 2.07. The fraction of sp³-hybridized carbons (Fsp3) is 0. The Balaban J connectivity index is 0.00000144. The number of azo groups is 1. The van der Waals surface area contributed by atoms with Gasteiger partial charge in [0.2, 0.25) is 0 Å². The first kappa shape index (κ1) is 16.2. The van der Waals surface area contributed by atoms with Gasteiger partial charge in [-0.15, -0.1) is 24.8 Å². The van der Waals surface area contributed by atoms with Crippen LogP contribution < -0.4 is 11.5 Å². The van der Waals surface area contributed by atoms with E-state index in [1.54, 1.807) is 24.3 Å². The van der Waals surface area contributed by atoms with E-state index in [0.29, 0.717) is 11.4 Å². The third kappa shape index (κ3) is 4.61. The van der Waals surface area contributed by atoms with E-state index < -0.39 is 0 Å². The Morgan fingerprint density at radius 2 is 0.833 bits per heavy atom. The average Bonchev–Trinajstić information content (AvgIpc) is 2.30. The van der Waals surface area contributed by atoms with Crippen LogP contribution in [0.25, 0.3) is 0 Å². The van der Waals surface area contributed by atoms with Crippen molar-refractivity contribution in [1.29, 1.82) is 0 Å². The second-order valence-electron chi connectivity index (χ2n) is 3.38. The number of halogens is 2. The van der Waals surface area contributed by atoms with Gasteiger partial charge in [-0.3, -0.25) is 0 Å². The van der Waals surface area contributed by atoms with Gasteiger partial charge in [0, 0.05) is 11.4 Å². The van der Waals surface area contributed by atoms with Gasteiger partial charge in [0.05, 0.1) is 11.4 Å². The summed E-state index contributed by atoms with van der Waals surface area (Å²) in [6, 6.07) is 14.4. The zero-order valence-corrected chi connectivity index (χ0v) is 11.1. The summed E-state index contributed by atoms with van der Waals surface area (Å²) in [5.41, 5.74) is 14.1. The van der Waals surface area contributed by atoms with Crippen LogP contribution in [0.2, 0.25) is 0 Å². The minimum atomic E-state index is 0. The van der Waals surface area contributed by atoms with Crippen LogP contribution in [0.3, 0.4) is 0 Å². The maximum atomic E-state index is 5.56. The van der Waals surface area contributed by atoms with Crippen molar-refractivity contribution in [2.45, 2.75) is 0 Å². The van der Waals surface area contributed by atoms with Gasteiger partial charge in [0.25, 0.3) is 0 Å². The second kappa shape index (κ2) is 7.53. The lowest BCUT2D eigenvalue weighted by Gasteiger charge is -1.95. The Morgan fingerprint density at radius 3 is 1.11 bits per heavy atom. The third-order valence-corrected chi connectivity index (χ3v) is 2.07. The van der Waals surface area contributed by atoms with Crippen LogP contribution in [0, 0.1) is 0 Å². The van der Waals surface area contributed by atoms with E-state index in [4.69, 9.17) is 11.5 Å². The maximum absolute atomic E-state index is 5.56. The maximum Gasteiger partial charge on any atom is 0.0858 e. The van der Waals surface area contributed by atoms with Crippen molar-refractivity contribution >= 4 is 47.6 Å². The largest absolute Gasteiger partial charge is 0.399 e. The van der Waals surface area contributed by atoms with Crippen molar-refractivity contribution in [3.05, 3.63) is 48.5 Å². The summed E-state index contributed by atoms with van der Waals surface area (Å²) in [6.07, 6.45) is 0. The number of hydrogen-bond acceptors (Lipinski definition) is 4. The predicted octanol–water partition coefficient (Wildman–Crippen LogP) is 4.11. The molecule has 0 heterocycles. The van der Waals surface area contributed by atoms with Crippen molar-refractivity contribution in [1.82, 2.24) is 0 Å². The Kier molecular flexibility index (Phi) is 6.78. The summed E-state index contributed by atoms with van der Waals surface area (Å²) >= 11 is 0. The Labute approximate surface area is 118 Å². The fourth-order valence-corrected chi connectivity index (χ4v) is 1.20. The molecule has 4 N–H and O–H groups in total. The van der Waals surface area contributed by atoms with Gasteiger partial charge in [0.15, 0.2) is 0 Å². The van der Waals surface area contributed by atoms with Crippen LogP contribution in [-0.2, 0) is 0 Å². The monoisotopic (exact) mass is 284 g/mol. The van der Waals surface area contributed by atoms with Crippen LogP contribution in [-0.4, -0.2) is 0 Å². The lowest BCUT2D eigenvalue weighted by molar-refractivity contribution is 1.23. The molecule has 0 saturated heterocycles. The summed E-state index contributed by atoms with van der Waals surface area (Å²) in [7, 11) is 0. The lowest BCUT2D eigenvalue weighted by Crippen LogP contribution is -1.81. The summed E-state index contributed by atoms with van der Waals surface area (Å²) in [4.78, 5) is 0. The topological polar surface area (TPSA) is 76.8 Å². The molecule has 0 amide bonds. The standard InChI is InChI=1S/C12H12N4.2ClH/c13-9-1-5-11(6-2-9)15-16-12-7-3-10(14)4-8-12;;/h1-8H,13-14H2;2*1H. The van der Waals surface area contributed by atoms with Gasteiger partial charge < -0.3 is 11.5 Å². The molecule has 0 atom stereocenters. The molecule has 0 saturated carbocycles. The molecule has 0 aliphatic carbocycles. The molecular weight excluding hydrogens is 271 g/mol. The molecule has 0 unspecified atom stereocenters. The van der Waals surface area contributed by atoms with Crippen molar-refractivity contribution in [2.24, 2.45) is 10.2 Å². The van der Waals surface area contributed by atoms with Gasteiger partial charge in [-0.1, -0.05) is 0 Å². The van der Waals surface area contributed by atoms with Gasteiger partial charge in [0.1, 0.15) is 0 Å². The number of benzene rings is 2. The molecule has 0 spiro atoms. The first-order valence-corrected chi connectivity index (χ1v) is 4.87. The molecule has 96 valence electrons. The van der Waals surface area contributed by atoms with Gasteiger partial charge in [-0.25, -0.2) is 0 Å². The molecule has 6 heteroatoms. The van der Waals surface area contributed by atoms with Crippen LogP contribution in [0.4, 0.5) is 22.7 Å². The Morgan fingerprint density at radius 1 is 0.556 bits per heavy atom. The average molecular weight is 285 g/mol. The second-order valence-corrected chi connectivity index (χ2v) is 3.38. The Bertz CT molecular complexity index is 447. The van der Waals surface area contributed by atoms with Crippen molar-refractivity contribution in [2.75, 3.05) is 11.5 Å². The van der Waals surface area contributed by atoms with Gasteiger partial charge in [-0.2, -0.15) is 10.2 Å². The quantitative estimate of drug-likeness (QED) is 0.643. The highest BCUT2D eigenvalue weighted by atomic mass is 35.5. The number of rotatable bonds is 2. The molecule has 2 aromatic carbocycles. The normalized spacial score (nSPS) is 9.56. The zero-order chi connectivity index (χ0) is 11.4. The van der Waals surface area contributed by atoms with Crippen molar-refractivity contribution < 1.29 is 0 Å². The van der Waals surface area contributed by atoms with Crippen molar-refractivity contribution in [3.8, 4) is 0 Å². The highest BCUT2D eigenvalue weighted by Gasteiger charge is 1.91. The number of nitrogens with zero attached hydrogens (tertiary/aromatic N) is 2. The number of nitrogens with two attached hydrogens (primary N) is 2. The molecule has 0 aromatic heterocycles. The minimum absolute atomic E-state index is 0. The Hall–Kier alpha value is -1.78. The minimum Gasteiger partial charge on any atom is -0.399 e. The van der Waals surface area contributed by atoms with E-state index in [9.17, 15) is 0 Å². The number of hydrogen-bond donors (Lipinski definition) is 2. The first-order chi connectivity index (χ1) is 7.74. The molecule has 0 aliphatic heterocycles. The molecule has 2 rings (SSSR count). The molecular formula is C12H14Cl2N4. The fourth-order valence-electron chi connectivity index (χ4n) is 1.20. The summed E-state index contributed by atoms with van der Waals surface area (Å²) < 4.78 is 0. The summed E-state index contributed by atoms with van der Waals surface area (Å²) in [6.45, 7) is 0. The van der Waals surface area contributed by atoms with Crippen molar-refractivity contribution in [3.63, 3.8) is 0 Å². The number of nitrogen functional groups attached to an aromatic ring is 2. The molecule has 0 aliphatic rings. The SMILES string of the molecule is Cl.Cl.Nc1ccc(N=Nc2ccc(N)cc2)cc1. The van der Waals surface area contributed by atoms with Gasteiger partial charge >= 0.3 is 0 Å². The molecule has 0 radical (unpaired) electrons. The van der Waals surface area contributed by atoms with Crippen LogP contribution in [0.5, 0.6) is 0 Å².